The summed E-state index contributed by atoms with van der Waals surface area (Å²) in [5.41, 5.74) is 0. The highest BCUT2D eigenvalue weighted by atomic mass is 16.2. The van der Waals surface area contributed by atoms with Gasteiger partial charge in [-0.15, -0.1) is 0 Å². The number of amides is 1. The van der Waals surface area contributed by atoms with Gasteiger partial charge in [0.2, 0.25) is 5.91 Å². The van der Waals surface area contributed by atoms with Crippen LogP contribution in [0, 0.1) is 5.41 Å². The van der Waals surface area contributed by atoms with E-state index in [9.17, 15) is 4.79 Å². The monoisotopic (exact) mass is 210 g/mol. The molecular weight excluding hydrogens is 192 g/mol. The third-order valence-corrected chi connectivity index (χ3v) is 2.48. The highest BCUT2D eigenvalue weighted by Crippen LogP contribution is 2.03. The molecule has 5 heteroatoms. The Morgan fingerprint density at radius 3 is 2.87 bits per heavy atom. The van der Waals surface area contributed by atoms with E-state index in [1.54, 1.807) is 31.3 Å². The fourth-order valence-corrected chi connectivity index (χ4v) is 1.44. The molecule has 1 amide bonds. The molecule has 0 radical (unpaired) electrons. The van der Waals surface area contributed by atoms with Crippen molar-refractivity contribution in [1.29, 1.82) is 5.41 Å². The van der Waals surface area contributed by atoms with E-state index in [0.717, 1.165) is 6.54 Å². The molecule has 0 unspecified atom stereocenters. The minimum Gasteiger partial charge on any atom is -0.394 e. The standard InChI is InChI=1S/C10H18N4O/c1-12-5-3-9(11)14-6-4-10(15)13(2)7-8-14/h3,5,11-12H,4,6-8H2,1-2H3/b5-3-,11-9?. The topological polar surface area (TPSA) is 59.4 Å². The summed E-state index contributed by atoms with van der Waals surface area (Å²) in [4.78, 5) is 15.0. The predicted molar refractivity (Wildman–Crippen MR) is 59.8 cm³/mol. The van der Waals surface area contributed by atoms with Gasteiger partial charge in [-0.3, -0.25) is 10.2 Å². The Labute approximate surface area is 90.2 Å². The van der Waals surface area contributed by atoms with Crippen LogP contribution in [-0.2, 0) is 4.79 Å². The average molecular weight is 210 g/mol. The second-order valence-electron chi connectivity index (χ2n) is 3.56. The van der Waals surface area contributed by atoms with Crippen LogP contribution in [-0.4, -0.2) is 55.3 Å². The zero-order valence-corrected chi connectivity index (χ0v) is 9.29. The van der Waals surface area contributed by atoms with Gasteiger partial charge >= 0.3 is 0 Å². The van der Waals surface area contributed by atoms with Gasteiger partial charge in [-0.2, -0.15) is 0 Å². The van der Waals surface area contributed by atoms with Crippen LogP contribution < -0.4 is 5.32 Å². The summed E-state index contributed by atoms with van der Waals surface area (Å²) >= 11 is 0. The Bertz CT molecular complexity index is 275. The van der Waals surface area contributed by atoms with Crippen LogP contribution >= 0.6 is 0 Å². The lowest BCUT2D eigenvalue weighted by Gasteiger charge is -2.20. The maximum absolute atomic E-state index is 11.4. The maximum atomic E-state index is 11.4. The van der Waals surface area contributed by atoms with Crippen LogP contribution in [0.25, 0.3) is 0 Å². The van der Waals surface area contributed by atoms with Crippen LogP contribution in [0.2, 0.25) is 0 Å². The Hall–Kier alpha value is -1.52. The van der Waals surface area contributed by atoms with E-state index in [4.69, 9.17) is 5.41 Å². The summed E-state index contributed by atoms with van der Waals surface area (Å²) in [6.07, 6.45) is 3.92. The molecule has 0 aromatic carbocycles. The Balaban J connectivity index is 2.53. The molecule has 0 aliphatic carbocycles. The first-order chi connectivity index (χ1) is 7.15. The van der Waals surface area contributed by atoms with E-state index in [1.807, 2.05) is 4.90 Å². The van der Waals surface area contributed by atoms with E-state index in [2.05, 4.69) is 5.32 Å². The smallest absolute Gasteiger partial charge is 0.224 e. The molecule has 1 aliphatic rings. The highest BCUT2D eigenvalue weighted by molar-refractivity contribution is 5.90. The van der Waals surface area contributed by atoms with Crippen LogP contribution in [0.3, 0.4) is 0 Å². The summed E-state index contributed by atoms with van der Waals surface area (Å²) in [5.74, 6) is 0.607. The molecule has 84 valence electrons. The van der Waals surface area contributed by atoms with Gasteiger partial charge in [0.05, 0.1) is 0 Å². The molecule has 5 nitrogen and oxygen atoms in total. The van der Waals surface area contributed by atoms with Crippen molar-refractivity contribution in [3.05, 3.63) is 12.3 Å². The Kier molecular flexibility index (Phi) is 4.15. The molecule has 1 aliphatic heterocycles. The molecular formula is C10H18N4O. The van der Waals surface area contributed by atoms with E-state index in [0.29, 0.717) is 25.3 Å². The number of carbonyl (C=O) groups excluding carboxylic acids is 1. The molecule has 1 saturated heterocycles. The molecule has 0 atom stereocenters. The molecule has 0 aromatic heterocycles. The van der Waals surface area contributed by atoms with Crippen molar-refractivity contribution in [2.75, 3.05) is 33.7 Å². The maximum Gasteiger partial charge on any atom is 0.224 e. The van der Waals surface area contributed by atoms with Crippen molar-refractivity contribution in [2.45, 2.75) is 6.42 Å². The van der Waals surface area contributed by atoms with E-state index >= 15 is 0 Å². The van der Waals surface area contributed by atoms with Crippen LogP contribution in [0.5, 0.6) is 0 Å². The first-order valence-electron chi connectivity index (χ1n) is 5.06. The second kappa shape index (κ2) is 5.38. The zero-order chi connectivity index (χ0) is 11.3. The van der Waals surface area contributed by atoms with Gasteiger partial charge in [-0.1, -0.05) is 0 Å². The molecule has 1 fully saturated rings. The number of rotatable bonds is 2. The van der Waals surface area contributed by atoms with Crippen molar-refractivity contribution in [1.82, 2.24) is 15.1 Å². The van der Waals surface area contributed by atoms with Crippen molar-refractivity contribution >= 4 is 11.7 Å². The van der Waals surface area contributed by atoms with Gasteiger partial charge in [0.25, 0.3) is 0 Å². The fourth-order valence-electron chi connectivity index (χ4n) is 1.44. The number of nitrogens with zero attached hydrogens (tertiary/aromatic N) is 2. The van der Waals surface area contributed by atoms with Crippen LogP contribution in [0.15, 0.2) is 12.3 Å². The number of amidine groups is 1. The molecule has 2 N–H and O–H groups in total. The minimum atomic E-state index is 0.155. The van der Waals surface area contributed by atoms with Gasteiger partial charge in [0.15, 0.2) is 0 Å². The number of likely N-dealkylation sites (N-methyl/N-ethyl adjacent to an activating group) is 1. The lowest BCUT2D eigenvalue weighted by molar-refractivity contribution is -0.129. The number of carbonyl (C=O) groups is 1. The van der Waals surface area contributed by atoms with E-state index < -0.39 is 0 Å². The van der Waals surface area contributed by atoms with Gasteiger partial charge in [-0.05, 0) is 12.3 Å². The van der Waals surface area contributed by atoms with Gasteiger partial charge in [0.1, 0.15) is 5.84 Å². The van der Waals surface area contributed by atoms with Crippen LogP contribution in [0.1, 0.15) is 6.42 Å². The number of hydrogen-bond donors (Lipinski definition) is 2. The summed E-state index contributed by atoms with van der Waals surface area (Å²) in [5, 5.41) is 10.6. The lowest BCUT2D eigenvalue weighted by Crippen LogP contribution is -2.33. The third kappa shape index (κ3) is 3.27. The van der Waals surface area contributed by atoms with Gasteiger partial charge < -0.3 is 15.1 Å². The van der Waals surface area contributed by atoms with Gasteiger partial charge in [0, 0.05) is 40.2 Å². The Morgan fingerprint density at radius 2 is 2.20 bits per heavy atom. The predicted octanol–water partition coefficient (Wildman–Crippen LogP) is -0.139. The SMILES string of the molecule is CN/C=C\C(=N)N1CCC(=O)N(C)CC1. The Morgan fingerprint density at radius 1 is 1.47 bits per heavy atom. The molecule has 15 heavy (non-hydrogen) atoms. The first-order valence-corrected chi connectivity index (χ1v) is 5.06. The largest absolute Gasteiger partial charge is 0.394 e. The molecule has 0 saturated carbocycles. The van der Waals surface area contributed by atoms with E-state index in [-0.39, 0.29) is 5.91 Å². The van der Waals surface area contributed by atoms with Gasteiger partial charge in [-0.25, -0.2) is 0 Å². The van der Waals surface area contributed by atoms with E-state index in [1.165, 1.54) is 0 Å². The zero-order valence-electron chi connectivity index (χ0n) is 9.29. The molecule has 0 bridgehead atoms. The van der Waals surface area contributed by atoms with Crippen molar-refractivity contribution in [3.8, 4) is 0 Å². The third-order valence-electron chi connectivity index (χ3n) is 2.48. The molecule has 1 heterocycles. The molecule has 1 rings (SSSR count). The summed E-state index contributed by atoms with van der Waals surface area (Å²) in [6.45, 7) is 2.06. The highest BCUT2D eigenvalue weighted by Gasteiger charge is 2.18. The molecule has 0 aromatic rings. The number of nitrogens with one attached hydrogen (secondary N) is 2. The fraction of sp³-hybridized carbons (Fsp3) is 0.600. The second-order valence-corrected chi connectivity index (χ2v) is 3.56. The summed E-state index contributed by atoms with van der Waals surface area (Å²) < 4.78 is 0. The molecule has 0 spiro atoms. The normalized spacial score (nSPS) is 18.1. The number of hydrogen-bond acceptors (Lipinski definition) is 3. The average Bonchev–Trinajstić information content (AvgIpc) is 2.39. The minimum absolute atomic E-state index is 0.155. The van der Waals surface area contributed by atoms with Crippen molar-refractivity contribution in [2.24, 2.45) is 0 Å². The quantitative estimate of drug-likeness (QED) is 0.492. The van der Waals surface area contributed by atoms with Crippen molar-refractivity contribution in [3.63, 3.8) is 0 Å². The summed E-state index contributed by atoms with van der Waals surface area (Å²) in [6, 6.07) is 0. The lowest BCUT2D eigenvalue weighted by atomic mass is 10.3. The van der Waals surface area contributed by atoms with Crippen LogP contribution in [0.4, 0.5) is 0 Å². The summed E-state index contributed by atoms with van der Waals surface area (Å²) in [7, 11) is 3.60. The first kappa shape index (κ1) is 11.6. The van der Waals surface area contributed by atoms with Crippen molar-refractivity contribution < 1.29 is 4.79 Å².